The van der Waals surface area contributed by atoms with Gasteiger partial charge in [-0.2, -0.15) is 0 Å². The molecule has 0 aromatic heterocycles. The predicted molar refractivity (Wildman–Crippen MR) is 80.9 cm³/mol. The van der Waals surface area contributed by atoms with Crippen molar-refractivity contribution in [3.05, 3.63) is 53.6 Å². The zero-order valence-electron chi connectivity index (χ0n) is 11.4. The number of aromatic hydroxyl groups is 2. The summed E-state index contributed by atoms with van der Waals surface area (Å²) in [7, 11) is 0. The van der Waals surface area contributed by atoms with E-state index in [0.717, 1.165) is 29.9 Å². The fraction of sp³-hybridized carbons (Fsp3) is 0.176. The van der Waals surface area contributed by atoms with Crippen molar-refractivity contribution in [2.45, 2.75) is 13.3 Å². The number of ether oxygens (including phenoxy) is 1. The first kappa shape index (κ1) is 14.0. The Balaban J connectivity index is 2.07. The SMILES string of the molecule is CCCOc1ccc(/C=C/c2cc(O)cc(O)c2)cc1. The number of hydrogen-bond donors (Lipinski definition) is 2. The molecule has 0 saturated heterocycles. The number of hydrogen-bond acceptors (Lipinski definition) is 3. The lowest BCUT2D eigenvalue weighted by molar-refractivity contribution is 0.317. The Hall–Kier alpha value is -2.42. The highest BCUT2D eigenvalue weighted by Crippen LogP contribution is 2.22. The maximum Gasteiger partial charge on any atom is 0.119 e. The van der Waals surface area contributed by atoms with Gasteiger partial charge in [0.25, 0.3) is 0 Å². The van der Waals surface area contributed by atoms with E-state index in [0.29, 0.717) is 0 Å². The van der Waals surface area contributed by atoms with Crippen molar-refractivity contribution < 1.29 is 14.9 Å². The molecule has 0 radical (unpaired) electrons. The van der Waals surface area contributed by atoms with E-state index in [1.807, 2.05) is 36.4 Å². The van der Waals surface area contributed by atoms with Gasteiger partial charge >= 0.3 is 0 Å². The normalized spacial score (nSPS) is 10.8. The first-order valence-corrected chi connectivity index (χ1v) is 6.61. The van der Waals surface area contributed by atoms with Gasteiger partial charge in [0.2, 0.25) is 0 Å². The summed E-state index contributed by atoms with van der Waals surface area (Å²) in [5.41, 5.74) is 1.77. The Morgan fingerprint density at radius 3 is 2.10 bits per heavy atom. The van der Waals surface area contributed by atoms with Gasteiger partial charge < -0.3 is 14.9 Å². The van der Waals surface area contributed by atoms with Crippen LogP contribution in [0, 0.1) is 0 Å². The van der Waals surface area contributed by atoms with Crippen molar-refractivity contribution in [3.8, 4) is 17.2 Å². The molecule has 0 aliphatic carbocycles. The molecule has 20 heavy (non-hydrogen) atoms. The second-order valence-electron chi connectivity index (χ2n) is 4.53. The second kappa shape index (κ2) is 6.66. The Kier molecular flexibility index (Phi) is 4.66. The van der Waals surface area contributed by atoms with Gasteiger partial charge in [-0.15, -0.1) is 0 Å². The van der Waals surface area contributed by atoms with Crippen LogP contribution in [0.5, 0.6) is 17.2 Å². The minimum atomic E-state index is 0.0490. The van der Waals surface area contributed by atoms with Crippen molar-refractivity contribution in [2.75, 3.05) is 6.61 Å². The highest BCUT2D eigenvalue weighted by Gasteiger charge is 1.96. The van der Waals surface area contributed by atoms with Crippen LogP contribution in [0.1, 0.15) is 24.5 Å². The number of rotatable bonds is 5. The lowest BCUT2D eigenvalue weighted by atomic mass is 10.1. The number of phenolic OH excluding ortho intramolecular Hbond substituents is 2. The minimum Gasteiger partial charge on any atom is -0.508 e. The molecule has 2 rings (SSSR count). The summed E-state index contributed by atoms with van der Waals surface area (Å²) in [6, 6.07) is 12.3. The third-order valence-electron chi connectivity index (χ3n) is 2.75. The fourth-order valence-electron chi connectivity index (χ4n) is 1.80. The molecule has 2 N–H and O–H groups in total. The van der Waals surface area contributed by atoms with Gasteiger partial charge in [-0.1, -0.05) is 31.2 Å². The summed E-state index contributed by atoms with van der Waals surface area (Å²) in [4.78, 5) is 0. The average molecular weight is 270 g/mol. The standard InChI is InChI=1S/C17H18O3/c1-2-9-20-17-7-5-13(6-8-17)3-4-14-10-15(18)12-16(19)11-14/h3-8,10-12,18-19H,2,9H2,1H3/b4-3+. The van der Waals surface area contributed by atoms with Crippen molar-refractivity contribution in [1.82, 2.24) is 0 Å². The third-order valence-corrected chi connectivity index (χ3v) is 2.75. The minimum absolute atomic E-state index is 0.0490. The van der Waals surface area contributed by atoms with E-state index >= 15 is 0 Å². The lowest BCUT2D eigenvalue weighted by Gasteiger charge is -2.04. The van der Waals surface area contributed by atoms with E-state index in [9.17, 15) is 10.2 Å². The largest absolute Gasteiger partial charge is 0.508 e. The molecule has 0 aliphatic rings. The first-order chi connectivity index (χ1) is 9.67. The molecule has 0 unspecified atom stereocenters. The zero-order valence-corrected chi connectivity index (χ0v) is 11.4. The van der Waals surface area contributed by atoms with Gasteiger partial charge in [0, 0.05) is 6.07 Å². The van der Waals surface area contributed by atoms with Gasteiger partial charge in [-0.3, -0.25) is 0 Å². The quantitative estimate of drug-likeness (QED) is 0.806. The van der Waals surface area contributed by atoms with Crippen LogP contribution < -0.4 is 4.74 Å². The summed E-state index contributed by atoms with van der Waals surface area (Å²) in [6.07, 6.45) is 4.74. The van der Waals surface area contributed by atoms with E-state index in [-0.39, 0.29) is 11.5 Å². The van der Waals surface area contributed by atoms with Crippen molar-refractivity contribution in [2.24, 2.45) is 0 Å². The fourth-order valence-corrected chi connectivity index (χ4v) is 1.80. The molecule has 0 aliphatic heterocycles. The maximum atomic E-state index is 9.40. The summed E-state index contributed by atoms with van der Waals surface area (Å²) in [5.74, 6) is 0.958. The molecule has 2 aromatic carbocycles. The molecule has 0 atom stereocenters. The van der Waals surface area contributed by atoms with Gasteiger partial charge in [0.1, 0.15) is 17.2 Å². The molecule has 2 aromatic rings. The summed E-state index contributed by atoms with van der Waals surface area (Å²) < 4.78 is 5.51. The molecule has 0 heterocycles. The van der Waals surface area contributed by atoms with Crippen LogP contribution in [0.4, 0.5) is 0 Å². The molecule has 3 nitrogen and oxygen atoms in total. The van der Waals surface area contributed by atoms with Crippen LogP contribution in [-0.2, 0) is 0 Å². The Labute approximate surface area is 118 Å². The summed E-state index contributed by atoms with van der Waals surface area (Å²) >= 11 is 0. The van der Waals surface area contributed by atoms with Gasteiger partial charge in [0.05, 0.1) is 6.61 Å². The summed E-state index contributed by atoms with van der Waals surface area (Å²) in [5, 5.41) is 18.8. The van der Waals surface area contributed by atoms with Crippen molar-refractivity contribution in [1.29, 1.82) is 0 Å². The molecule has 0 bridgehead atoms. The molecule has 3 heteroatoms. The monoisotopic (exact) mass is 270 g/mol. The topological polar surface area (TPSA) is 49.7 Å². The van der Waals surface area contributed by atoms with Crippen LogP contribution in [0.25, 0.3) is 12.2 Å². The van der Waals surface area contributed by atoms with E-state index in [1.165, 1.54) is 6.07 Å². The van der Waals surface area contributed by atoms with Crippen LogP contribution in [-0.4, -0.2) is 16.8 Å². The van der Waals surface area contributed by atoms with Gasteiger partial charge in [-0.05, 0) is 41.8 Å². The second-order valence-corrected chi connectivity index (χ2v) is 4.53. The zero-order chi connectivity index (χ0) is 14.4. The molecule has 0 fully saturated rings. The van der Waals surface area contributed by atoms with Crippen molar-refractivity contribution in [3.63, 3.8) is 0 Å². The highest BCUT2D eigenvalue weighted by atomic mass is 16.5. The highest BCUT2D eigenvalue weighted by molar-refractivity contribution is 5.71. The van der Waals surface area contributed by atoms with E-state index < -0.39 is 0 Å². The van der Waals surface area contributed by atoms with Crippen LogP contribution in [0.3, 0.4) is 0 Å². The molecule has 104 valence electrons. The first-order valence-electron chi connectivity index (χ1n) is 6.61. The molecule has 0 saturated carbocycles. The van der Waals surface area contributed by atoms with Gasteiger partial charge in [-0.25, -0.2) is 0 Å². The molecular formula is C17H18O3. The van der Waals surface area contributed by atoms with E-state index in [4.69, 9.17) is 4.74 Å². The molecule has 0 spiro atoms. The molecular weight excluding hydrogens is 252 g/mol. The van der Waals surface area contributed by atoms with Crippen LogP contribution in [0.15, 0.2) is 42.5 Å². The van der Waals surface area contributed by atoms with Crippen LogP contribution in [0.2, 0.25) is 0 Å². The average Bonchev–Trinajstić information content (AvgIpc) is 2.43. The third kappa shape index (κ3) is 4.05. The Morgan fingerprint density at radius 1 is 0.900 bits per heavy atom. The Morgan fingerprint density at radius 2 is 1.50 bits per heavy atom. The van der Waals surface area contributed by atoms with Gasteiger partial charge in [0.15, 0.2) is 0 Å². The summed E-state index contributed by atoms with van der Waals surface area (Å²) in [6.45, 7) is 2.79. The Bertz CT molecular complexity index is 565. The van der Waals surface area contributed by atoms with Crippen LogP contribution >= 0.6 is 0 Å². The molecule has 0 amide bonds. The maximum absolute atomic E-state index is 9.40. The number of phenols is 2. The van der Waals surface area contributed by atoms with E-state index in [2.05, 4.69) is 6.92 Å². The van der Waals surface area contributed by atoms with Crippen molar-refractivity contribution >= 4 is 12.2 Å². The lowest BCUT2D eigenvalue weighted by Crippen LogP contribution is -1.94. The van der Waals surface area contributed by atoms with E-state index in [1.54, 1.807) is 12.1 Å². The number of benzene rings is 2. The predicted octanol–water partition coefficient (Wildman–Crippen LogP) is 4.06. The smallest absolute Gasteiger partial charge is 0.119 e.